The molecule has 0 radical (unpaired) electrons. The maximum Gasteiger partial charge on any atom is 0.310 e. The van der Waals surface area contributed by atoms with Crippen LogP contribution in [0.2, 0.25) is 0 Å². The summed E-state index contributed by atoms with van der Waals surface area (Å²) >= 11 is 0. The normalized spacial score (nSPS) is 28.0. The second kappa shape index (κ2) is 4.61. The van der Waals surface area contributed by atoms with Gasteiger partial charge in [-0.3, -0.25) is 4.79 Å². The Hall–Kier alpha value is -0.570. The molecule has 0 aromatic rings. The molecule has 13 heavy (non-hydrogen) atoms. The first-order valence-electron chi connectivity index (χ1n) is 4.93. The molecule has 1 N–H and O–H groups in total. The lowest BCUT2D eigenvalue weighted by molar-refractivity contribution is -0.146. The van der Waals surface area contributed by atoms with E-state index in [9.17, 15) is 4.79 Å². The molecule has 0 aromatic carbocycles. The van der Waals surface area contributed by atoms with E-state index in [-0.39, 0.29) is 11.9 Å². The minimum atomic E-state index is -0.0596. The summed E-state index contributed by atoms with van der Waals surface area (Å²) in [6, 6.07) is 0. The Bertz CT molecular complexity index is 180. The highest BCUT2D eigenvalue weighted by Gasteiger charge is 2.33. The predicted octanol–water partition coefficient (Wildman–Crippen LogP) is 1.04. The van der Waals surface area contributed by atoms with Crippen LogP contribution >= 0.6 is 0 Å². The lowest BCUT2D eigenvalue weighted by Gasteiger charge is -2.17. The Morgan fingerprint density at radius 3 is 2.77 bits per heavy atom. The van der Waals surface area contributed by atoms with Gasteiger partial charge in [0.2, 0.25) is 0 Å². The van der Waals surface area contributed by atoms with Crippen LogP contribution in [0.25, 0.3) is 0 Å². The van der Waals surface area contributed by atoms with E-state index >= 15 is 0 Å². The third-order valence-corrected chi connectivity index (χ3v) is 2.62. The van der Waals surface area contributed by atoms with Gasteiger partial charge in [0, 0.05) is 6.54 Å². The Morgan fingerprint density at radius 2 is 2.23 bits per heavy atom. The molecule has 2 atom stereocenters. The van der Waals surface area contributed by atoms with Crippen molar-refractivity contribution in [2.24, 2.45) is 17.8 Å². The van der Waals surface area contributed by atoms with Gasteiger partial charge in [-0.1, -0.05) is 13.8 Å². The van der Waals surface area contributed by atoms with E-state index in [4.69, 9.17) is 4.74 Å². The zero-order valence-corrected chi connectivity index (χ0v) is 8.67. The third kappa shape index (κ3) is 2.69. The molecule has 76 valence electrons. The molecule has 3 nitrogen and oxygen atoms in total. The van der Waals surface area contributed by atoms with Gasteiger partial charge >= 0.3 is 5.97 Å². The van der Waals surface area contributed by atoms with E-state index < -0.39 is 0 Å². The molecule has 0 spiro atoms. The lowest BCUT2D eigenvalue weighted by Crippen LogP contribution is -2.24. The molecule has 1 heterocycles. The van der Waals surface area contributed by atoms with E-state index in [1.165, 1.54) is 7.11 Å². The molecule has 3 heteroatoms. The molecule has 0 aromatic heterocycles. The molecule has 1 aliphatic heterocycles. The highest BCUT2D eigenvalue weighted by Crippen LogP contribution is 2.24. The van der Waals surface area contributed by atoms with Crippen LogP contribution in [0.1, 0.15) is 20.3 Å². The molecule has 0 aliphatic carbocycles. The van der Waals surface area contributed by atoms with Crippen LogP contribution in [-0.2, 0) is 9.53 Å². The third-order valence-electron chi connectivity index (χ3n) is 2.62. The Balaban J connectivity index is 2.48. The SMILES string of the molecule is COC(=O)C1CNCC1CC(C)C. The van der Waals surface area contributed by atoms with Crippen LogP contribution in [0.4, 0.5) is 0 Å². The lowest BCUT2D eigenvalue weighted by atomic mass is 9.88. The summed E-state index contributed by atoms with van der Waals surface area (Å²) in [5.41, 5.74) is 0. The summed E-state index contributed by atoms with van der Waals surface area (Å²) in [5, 5.41) is 3.24. The number of ether oxygens (including phenoxy) is 1. The molecular weight excluding hydrogens is 166 g/mol. The van der Waals surface area contributed by atoms with Crippen LogP contribution < -0.4 is 5.32 Å². The van der Waals surface area contributed by atoms with Crippen molar-refractivity contribution in [1.82, 2.24) is 5.32 Å². The van der Waals surface area contributed by atoms with Crippen molar-refractivity contribution in [1.29, 1.82) is 0 Å². The van der Waals surface area contributed by atoms with Crippen LogP contribution in [0.3, 0.4) is 0 Å². The average molecular weight is 185 g/mol. The number of carbonyl (C=O) groups excluding carboxylic acids is 1. The van der Waals surface area contributed by atoms with Crippen LogP contribution in [0.5, 0.6) is 0 Å². The first-order valence-corrected chi connectivity index (χ1v) is 4.93. The van der Waals surface area contributed by atoms with Crippen molar-refractivity contribution in [2.75, 3.05) is 20.2 Å². The first-order chi connectivity index (χ1) is 6.15. The van der Waals surface area contributed by atoms with Crippen molar-refractivity contribution in [3.05, 3.63) is 0 Å². The van der Waals surface area contributed by atoms with Gasteiger partial charge in [0.1, 0.15) is 0 Å². The number of hydrogen-bond donors (Lipinski definition) is 1. The minimum absolute atomic E-state index is 0.0596. The topological polar surface area (TPSA) is 38.3 Å². The molecule has 2 unspecified atom stereocenters. The fourth-order valence-electron chi connectivity index (χ4n) is 2.01. The number of carbonyl (C=O) groups is 1. The molecule has 1 saturated heterocycles. The summed E-state index contributed by atoms with van der Waals surface area (Å²) in [6.07, 6.45) is 1.10. The minimum Gasteiger partial charge on any atom is -0.469 e. The number of hydrogen-bond acceptors (Lipinski definition) is 3. The maximum absolute atomic E-state index is 11.3. The number of methoxy groups -OCH3 is 1. The van der Waals surface area contributed by atoms with E-state index in [1.807, 2.05) is 0 Å². The summed E-state index contributed by atoms with van der Waals surface area (Å²) in [5.74, 6) is 1.13. The number of rotatable bonds is 3. The standard InChI is InChI=1S/C10H19NO2/c1-7(2)4-8-5-11-6-9(8)10(12)13-3/h7-9,11H,4-6H2,1-3H3. The molecule has 1 aliphatic rings. The monoisotopic (exact) mass is 185 g/mol. The smallest absolute Gasteiger partial charge is 0.310 e. The summed E-state index contributed by atoms with van der Waals surface area (Å²) < 4.78 is 4.77. The second-order valence-corrected chi connectivity index (χ2v) is 4.18. The number of nitrogens with one attached hydrogen (secondary N) is 1. The molecule has 1 fully saturated rings. The summed E-state index contributed by atoms with van der Waals surface area (Å²) in [4.78, 5) is 11.3. The molecule has 0 bridgehead atoms. The van der Waals surface area contributed by atoms with Gasteiger partial charge in [-0.2, -0.15) is 0 Å². The van der Waals surface area contributed by atoms with Crippen molar-refractivity contribution in [3.8, 4) is 0 Å². The van der Waals surface area contributed by atoms with Crippen LogP contribution in [0, 0.1) is 17.8 Å². The summed E-state index contributed by atoms with van der Waals surface area (Å²) in [6.45, 7) is 6.11. The van der Waals surface area contributed by atoms with E-state index in [1.54, 1.807) is 0 Å². The highest BCUT2D eigenvalue weighted by atomic mass is 16.5. The van der Waals surface area contributed by atoms with Crippen molar-refractivity contribution in [2.45, 2.75) is 20.3 Å². The zero-order chi connectivity index (χ0) is 9.84. The van der Waals surface area contributed by atoms with E-state index in [0.29, 0.717) is 11.8 Å². The van der Waals surface area contributed by atoms with Gasteiger partial charge in [0.05, 0.1) is 13.0 Å². The molecule has 1 rings (SSSR count). The van der Waals surface area contributed by atoms with Gasteiger partial charge in [0.15, 0.2) is 0 Å². The molecule has 0 saturated carbocycles. The first kappa shape index (κ1) is 10.5. The zero-order valence-electron chi connectivity index (χ0n) is 8.67. The van der Waals surface area contributed by atoms with Gasteiger partial charge < -0.3 is 10.1 Å². The predicted molar refractivity (Wildman–Crippen MR) is 51.3 cm³/mol. The fourth-order valence-corrected chi connectivity index (χ4v) is 2.01. The molecule has 0 amide bonds. The second-order valence-electron chi connectivity index (χ2n) is 4.18. The van der Waals surface area contributed by atoms with E-state index in [2.05, 4.69) is 19.2 Å². The average Bonchev–Trinajstić information content (AvgIpc) is 2.50. The van der Waals surface area contributed by atoms with Gasteiger partial charge in [0.25, 0.3) is 0 Å². The van der Waals surface area contributed by atoms with Crippen molar-refractivity contribution < 1.29 is 9.53 Å². The fraction of sp³-hybridized carbons (Fsp3) is 0.900. The quantitative estimate of drug-likeness (QED) is 0.668. The van der Waals surface area contributed by atoms with Crippen LogP contribution in [-0.4, -0.2) is 26.2 Å². The Kier molecular flexibility index (Phi) is 3.72. The summed E-state index contributed by atoms with van der Waals surface area (Å²) in [7, 11) is 1.47. The van der Waals surface area contributed by atoms with Crippen molar-refractivity contribution in [3.63, 3.8) is 0 Å². The van der Waals surface area contributed by atoms with Crippen LogP contribution in [0.15, 0.2) is 0 Å². The Morgan fingerprint density at radius 1 is 1.54 bits per heavy atom. The van der Waals surface area contributed by atoms with Gasteiger partial charge in [-0.05, 0) is 24.8 Å². The van der Waals surface area contributed by atoms with Crippen molar-refractivity contribution >= 4 is 5.97 Å². The molecular formula is C10H19NO2. The number of esters is 1. The Labute approximate surface area is 79.8 Å². The van der Waals surface area contributed by atoms with E-state index in [0.717, 1.165) is 19.5 Å². The van der Waals surface area contributed by atoms with Gasteiger partial charge in [-0.25, -0.2) is 0 Å². The maximum atomic E-state index is 11.3. The highest BCUT2D eigenvalue weighted by molar-refractivity contribution is 5.73. The van der Waals surface area contributed by atoms with Gasteiger partial charge in [-0.15, -0.1) is 0 Å². The largest absolute Gasteiger partial charge is 0.469 e.